The highest BCUT2D eigenvalue weighted by Gasteiger charge is 2.23. The maximum absolute atomic E-state index is 11.8. The molecule has 20 heavy (non-hydrogen) atoms. The highest BCUT2D eigenvalue weighted by atomic mass is 16.6. The molecule has 0 radical (unpaired) electrons. The van der Waals surface area contributed by atoms with Crippen LogP contribution in [0.3, 0.4) is 0 Å². The van der Waals surface area contributed by atoms with Crippen molar-refractivity contribution in [3.8, 4) is 0 Å². The number of aryl methyl sites for hydroxylation is 1. The highest BCUT2D eigenvalue weighted by molar-refractivity contribution is 5.96. The molecular weight excluding hydrogens is 262 g/mol. The van der Waals surface area contributed by atoms with Gasteiger partial charge in [-0.05, 0) is 31.9 Å². The lowest BCUT2D eigenvalue weighted by atomic mass is 10.1. The van der Waals surface area contributed by atoms with Crippen LogP contribution in [-0.4, -0.2) is 29.3 Å². The molecule has 2 N–H and O–H groups in total. The van der Waals surface area contributed by atoms with Crippen molar-refractivity contribution in [2.75, 3.05) is 6.54 Å². The maximum Gasteiger partial charge on any atom is 0.272 e. The Labute approximate surface area is 115 Å². The summed E-state index contributed by atoms with van der Waals surface area (Å²) in [6.07, 6.45) is 1.97. The van der Waals surface area contributed by atoms with E-state index in [1.54, 1.807) is 6.92 Å². The first-order valence-electron chi connectivity index (χ1n) is 6.30. The van der Waals surface area contributed by atoms with Crippen molar-refractivity contribution in [3.63, 3.8) is 0 Å². The molecule has 1 fully saturated rings. The van der Waals surface area contributed by atoms with Gasteiger partial charge >= 0.3 is 0 Å². The van der Waals surface area contributed by atoms with Crippen LogP contribution in [0.2, 0.25) is 0 Å². The topological polar surface area (TPSA) is 101 Å². The molecule has 106 valence electrons. The highest BCUT2D eigenvalue weighted by Crippen LogP contribution is 2.19. The molecule has 0 heterocycles. The lowest BCUT2D eigenvalue weighted by Crippen LogP contribution is -2.37. The summed E-state index contributed by atoms with van der Waals surface area (Å²) in [5, 5.41) is 15.9. The summed E-state index contributed by atoms with van der Waals surface area (Å²) in [6, 6.07) is 4.35. The first-order chi connectivity index (χ1) is 9.47. The van der Waals surface area contributed by atoms with Gasteiger partial charge in [0, 0.05) is 23.2 Å². The van der Waals surface area contributed by atoms with E-state index in [0.29, 0.717) is 11.1 Å². The Balaban J connectivity index is 1.93. The van der Waals surface area contributed by atoms with Crippen LogP contribution >= 0.6 is 0 Å². The Bertz CT molecular complexity index is 567. The summed E-state index contributed by atoms with van der Waals surface area (Å²) >= 11 is 0. The smallest absolute Gasteiger partial charge is 0.272 e. The number of carbonyl (C=O) groups excluding carboxylic acids is 2. The van der Waals surface area contributed by atoms with Gasteiger partial charge in [-0.1, -0.05) is 0 Å². The van der Waals surface area contributed by atoms with Gasteiger partial charge in [0.05, 0.1) is 11.5 Å². The summed E-state index contributed by atoms with van der Waals surface area (Å²) in [5.74, 6) is -0.645. The van der Waals surface area contributed by atoms with Gasteiger partial charge < -0.3 is 10.6 Å². The molecule has 0 saturated heterocycles. The number of nitro benzene ring substituents is 1. The zero-order valence-corrected chi connectivity index (χ0v) is 11.0. The molecule has 1 aliphatic rings. The number of hydrogen-bond donors (Lipinski definition) is 2. The van der Waals surface area contributed by atoms with Crippen LogP contribution in [0.15, 0.2) is 18.2 Å². The molecule has 0 aromatic heterocycles. The van der Waals surface area contributed by atoms with E-state index in [2.05, 4.69) is 10.6 Å². The van der Waals surface area contributed by atoms with Gasteiger partial charge in [0.15, 0.2) is 0 Å². The largest absolute Gasteiger partial charge is 0.352 e. The lowest BCUT2D eigenvalue weighted by molar-refractivity contribution is -0.385. The Morgan fingerprint density at radius 2 is 2.10 bits per heavy atom. The molecule has 0 atom stereocenters. The predicted molar refractivity (Wildman–Crippen MR) is 71.3 cm³/mol. The number of nitrogens with one attached hydrogen (secondary N) is 2. The zero-order valence-electron chi connectivity index (χ0n) is 11.0. The third kappa shape index (κ3) is 3.53. The van der Waals surface area contributed by atoms with Gasteiger partial charge in [0.1, 0.15) is 0 Å². The number of nitro groups is 1. The molecule has 1 aromatic rings. The number of benzene rings is 1. The molecule has 1 saturated carbocycles. The van der Waals surface area contributed by atoms with E-state index in [4.69, 9.17) is 0 Å². The second-order valence-electron chi connectivity index (χ2n) is 4.78. The second-order valence-corrected chi connectivity index (χ2v) is 4.78. The summed E-state index contributed by atoms with van der Waals surface area (Å²) in [5.41, 5.74) is 0.672. The second kappa shape index (κ2) is 5.68. The van der Waals surface area contributed by atoms with Crippen molar-refractivity contribution in [3.05, 3.63) is 39.4 Å². The minimum absolute atomic E-state index is 0.0342. The van der Waals surface area contributed by atoms with Crippen LogP contribution in [0, 0.1) is 17.0 Å². The van der Waals surface area contributed by atoms with Crippen molar-refractivity contribution in [1.29, 1.82) is 0 Å². The first-order valence-corrected chi connectivity index (χ1v) is 6.30. The van der Waals surface area contributed by atoms with Crippen LogP contribution in [0.25, 0.3) is 0 Å². The van der Waals surface area contributed by atoms with E-state index in [0.717, 1.165) is 12.8 Å². The predicted octanol–water partition coefficient (Wildman–Crippen LogP) is 0.912. The van der Waals surface area contributed by atoms with Gasteiger partial charge in [-0.15, -0.1) is 0 Å². The van der Waals surface area contributed by atoms with Crippen molar-refractivity contribution < 1.29 is 14.5 Å². The van der Waals surface area contributed by atoms with Crippen LogP contribution < -0.4 is 10.6 Å². The summed E-state index contributed by atoms with van der Waals surface area (Å²) in [6.45, 7) is 1.47. The molecule has 0 bridgehead atoms. The average Bonchev–Trinajstić information content (AvgIpc) is 3.19. The summed E-state index contributed by atoms with van der Waals surface area (Å²) in [4.78, 5) is 33.4. The van der Waals surface area contributed by atoms with Gasteiger partial charge in [0.2, 0.25) is 5.91 Å². The van der Waals surface area contributed by atoms with E-state index in [-0.39, 0.29) is 24.2 Å². The monoisotopic (exact) mass is 277 g/mol. The van der Waals surface area contributed by atoms with Crippen LogP contribution in [0.4, 0.5) is 5.69 Å². The minimum atomic E-state index is -0.500. The molecule has 0 unspecified atom stereocenters. The zero-order chi connectivity index (χ0) is 14.7. The normalized spacial score (nSPS) is 13.7. The van der Waals surface area contributed by atoms with Gasteiger partial charge in [0.25, 0.3) is 11.6 Å². The maximum atomic E-state index is 11.8. The molecular formula is C13H15N3O4. The summed E-state index contributed by atoms with van der Waals surface area (Å²) in [7, 11) is 0. The number of hydrogen-bond acceptors (Lipinski definition) is 4. The standard InChI is InChI=1S/C13H15N3O4/c1-8-6-9(2-5-11(8)16(19)20)13(18)14-7-12(17)15-10-3-4-10/h2,5-6,10H,3-4,7H2,1H3,(H,14,18)(H,15,17). The Hall–Kier alpha value is -2.44. The number of rotatable bonds is 5. The van der Waals surface area contributed by atoms with Gasteiger partial charge in [-0.25, -0.2) is 0 Å². The lowest BCUT2D eigenvalue weighted by Gasteiger charge is -2.06. The minimum Gasteiger partial charge on any atom is -0.352 e. The molecule has 7 nitrogen and oxygen atoms in total. The molecule has 1 aromatic carbocycles. The Morgan fingerprint density at radius 1 is 1.40 bits per heavy atom. The number of carbonyl (C=O) groups is 2. The van der Waals surface area contributed by atoms with Gasteiger partial charge in [-0.3, -0.25) is 19.7 Å². The van der Waals surface area contributed by atoms with E-state index in [1.807, 2.05) is 0 Å². The molecule has 7 heteroatoms. The van der Waals surface area contributed by atoms with Gasteiger partial charge in [-0.2, -0.15) is 0 Å². The fourth-order valence-electron chi connectivity index (χ4n) is 1.77. The fraction of sp³-hybridized carbons (Fsp3) is 0.385. The van der Waals surface area contributed by atoms with Crippen molar-refractivity contribution in [1.82, 2.24) is 10.6 Å². The van der Waals surface area contributed by atoms with Crippen molar-refractivity contribution in [2.45, 2.75) is 25.8 Å². The van der Waals surface area contributed by atoms with Crippen LogP contribution in [-0.2, 0) is 4.79 Å². The third-order valence-corrected chi connectivity index (χ3v) is 3.01. The van der Waals surface area contributed by atoms with E-state index in [9.17, 15) is 19.7 Å². The van der Waals surface area contributed by atoms with E-state index in [1.165, 1.54) is 18.2 Å². The molecule has 2 amide bonds. The summed E-state index contributed by atoms with van der Waals surface area (Å²) < 4.78 is 0. The van der Waals surface area contributed by atoms with Crippen LogP contribution in [0.1, 0.15) is 28.8 Å². The van der Waals surface area contributed by atoms with E-state index >= 15 is 0 Å². The molecule has 1 aliphatic carbocycles. The molecule has 2 rings (SSSR count). The fourth-order valence-corrected chi connectivity index (χ4v) is 1.77. The Kier molecular flexibility index (Phi) is 3.97. The quantitative estimate of drug-likeness (QED) is 0.617. The molecule has 0 aliphatic heterocycles. The molecule has 0 spiro atoms. The Morgan fingerprint density at radius 3 is 2.65 bits per heavy atom. The van der Waals surface area contributed by atoms with Crippen LogP contribution in [0.5, 0.6) is 0 Å². The van der Waals surface area contributed by atoms with Crippen molar-refractivity contribution >= 4 is 17.5 Å². The number of amides is 2. The number of nitrogens with zero attached hydrogens (tertiary/aromatic N) is 1. The van der Waals surface area contributed by atoms with E-state index < -0.39 is 10.8 Å². The SMILES string of the molecule is Cc1cc(C(=O)NCC(=O)NC2CC2)ccc1[N+](=O)[O-]. The van der Waals surface area contributed by atoms with Crippen molar-refractivity contribution in [2.24, 2.45) is 0 Å². The average molecular weight is 277 g/mol. The third-order valence-electron chi connectivity index (χ3n) is 3.01. The first kappa shape index (κ1) is 14.0.